The summed E-state index contributed by atoms with van der Waals surface area (Å²) in [5.74, 6) is -0.709. The second kappa shape index (κ2) is 9.02. The molecule has 1 unspecified atom stereocenters. The highest BCUT2D eigenvalue weighted by Crippen LogP contribution is 2.44. The van der Waals surface area contributed by atoms with Gasteiger partial charge in [-0.1, -0.05) is 60.7 Å². The molecule has 3 aromatic rings. The predicted octanol–water partition coefficient (Wildman–Crippen LogP) is 5.54. The van der Waals surface area contributed by atoms with Crippen LogP contribution >= 0.6 is 0 Å². The molecule has 33 heavy (non-hydrogen) atoms. The van der Waals surface area contributed by atoms with Gasteiger partial charge in [-0.05, 0) is 49.1 Å². The van der Waals surface area contributed by atoms with Gasteiger partial charge in [-0.25, -0.2) is 4.39 Å². The monoisotopic (exact) mass is 440 g/mol. The molecule has 0 saturated carbocycles. The summed E-state index contributed by atoms with van der Waals surface area (Å²) >= 11 is 0. The molecule has 3 aromatic carbocycles. The fraction of sp³-hybridized carbons (Fsp3) is 0.214. The summed E-state index contributed by atoms with van der Waals surface area (Å²) in [5.41, 5.74) is 2.89. The molecule has 2 aliphatic heterocycles. The van der Waals surface area contributed by atoms with Crippen molar-refractivity contribution in [3.8, 4) is 0 Å². The zero-order chi connectivity index (χ0) is 22.8. The van der Waals surface area contributed by atoms with Crippen molar-refractivity contribution in [2.75, 3.05) is 18.0 Å². The van der Waals surface area contributed by atoms with Crippen molar-refractivity contribution in [3.63, 3.8) is 0 Å². The Morgan fingerprint density at radius 1 is 0.788 bits per heavy atom. The number of hydrogen-bond acceptors (Lipinski definition) is 3. The largest absolute Gasteiger partial charge is 0.367 e. The fourth-order valence-corrected chi connectivity index (χ4v) is 4.82. The number of piperidine rings is 1. The summed E-state index contributed by atoms with van der Waals surface area (Å²) in [6, 6.07) is 23.9. The first kappa shape index (κ1) is 21.1. The Balaban J connectivity index is 1.73. The number of likely N-dealkylation sites (tertiary alicyclic amines) is 1. The van der Waals surface area contributed by atoms with E-state index in [2.05, 4.69) is 4.90 Å². The van der Waals surface area contributed by atoms with Gasteiger partial charge in [0.2, 0.25) is 0 Å². The molecular weight excluding hydrogens is 415 g/mol. The molecule has 0 radical (unpaired) electrons. The predicted molar refractivity (Wildman–Crippen MR) is 126 cm³/mol. The van der Waals surface area contributed by atoms with Crippen LogP contribution in [0.5, 0.6) is 0 Å². The van der Waals surface area contributed by atoms with Crippen molar-refractivity contribution in [2.45, 2.75) is 25.3 Å². The summed E-state index contributed by atoms with van der Waals surface area (Å²) in [6.45, 7) is 1.48. The van der Waals surface area contributed by atoms with E-state index in [0.717, 1.165) is 32.4 Å². The summed E-state index contributed by atoms with van der Waals surface area (Å²) in [7, 11) is 0. The second-order valence-corrected chi connectivity index (χ2v) is 8.47. The van der Waals surface area contributed by atoms with E-state index in [9.17, 15) is 14.0 Å². The smallest absolute Gasteiger partial charge is 0.275 e. The van der Waals surface area contributed by atoms with E-state index in [4.69, 9.17) is 0 Å². The first-order valence-electron chi connectivity index (χ1n) is 11.4. The zero-order valence-electron chi connectivity index (χ0n) is 18.3. The molecule has 1 atom stereocenters. The lowest BCUT2D eigenvalue weighted by atomic mass is 9.91. The van der Waals surface area contributed by atoms with Gasteiger partial charge in [-0.3, -0.25) is 14.5 Å². The number of anilines is 1. The van der Waals surface area contributed by atoms with Crippen molar-refractivity contribution in [2.24, 2.45) is 0 Å². The average Bonchev–Trinajstić information content (AvgIpc) is 3.18. The minimum Gasteiger partial charge on any atom is -0.367 e. The summed E-state index contributed by atoms with van der Waals surface area (Å²) in [6.07, 6.45) is 3.08. The van der Waals surface area contributed by atoms with Gasteiger partial charge in [-0.2, -0.15) is 0 Å². The third-order valence-corrected chi connectivity index (χ3v) is 6.38. The van der Waals surface area contributed by atoms with Gasteiger partial charge in [0.1, 0.15) is 11.5 Å². The van der Waals surface area contributed by atoms with Gasteiger partial charge in [0.05, 0.1) is 11.6 Å². The maximum absolute atomic E-state index is 14.0. The van der Waals surface area contributed by atoms with Gasteiger partial charge < -0.3 is 4.90 Å². The Kier molecular flexibility index (Phi) is 5.78. The Morgan fingerprint density at radius 3 is 2.03 bits per heavy atom. The molecule has 5 heteroatoms. The van der Waals surface area contributed by atoms with Crippen LogP contribution in [0.25, 0.3) is 0 Å². The van der Waals surface area contributed by atoms with Crippen molar-refractivity contribution < 1.29 is 14.0 Å². The number of halogens is 1. The van der Waals surface area contributed by atoms with E-state index >= 15 is 0 Å². The molecule has 4 nitrogen and oxygen atoms in total. The number of benzene rings is 3. The van der Waals surface area contributed by atoms with Gasteiger partial charge in [0, 0.05) is 24.3 Å². The van der Waals surface area contributed by atoms with Crippen LogP contribution in [0.3, 0.4) is 0 Å². The van der Waals surface area contributed by atoms with Crippen molar-refractivity contribution in [3.05, 3.63) is 113 Å². The number of hydrogen-bond donors (Lipinski definition) is 0. The first-order valence-corrected chi connectivity index (χ1v) is 11.4. The van der Waals surface area contributed by atoms with E-state index in [1.54, 1.807) is 29.2 Å². The quantitative estimate of drug-likeness (QED) is 0.490. The fourth-order valence-electron chi connectivity index (χ4n) is 4.82. The van der Waals surface area contributed by atoms with Crippen LogP contribution in [0.4, 0.5) is 10.1 Å². The molecule has 1 saturated heterocycles. The number of amides is 1. The van der Waals surface area contributed by atoms with E-state index in [-0.39, 0.29) is 17.5 Å². The molecule has 0 bridgehead atoms. The molecule has 5 rings (SSSR count). The lowest BCUT2D eigenvalue weighted by Crippen LogP contribution is -2.36. The molecule has 0 aliphatic carbocycles. The highest BCUT2D eigenvalue weighted by molar-refractivity contribution is 6.21. The maximum Gasteiger partial charge on any atom is 0.275 e. The van der Waals surface area contributed by atoms with Crippen molar-refractivity contribution >= 4 is 17.4 Å². The minimum atomic E-state index is -0.634. The normalized spacial score (nSPS) is 18.7. The van der Waals surface area contributed by atoms with E-state index < -0.39 is 6.04 Å². The molecule has 2 aliphatic rings. The number of carbonyl (C=O) groups is 2. The molecule has 0 N–H and O–H groups in total. The Bertz CT molecular complexity index is 1180. The lowest BCUT2D eigenvalue weighted by molar-refractivity contribution is -0.116. The highest BCUT2D eigenvalue weighted by Gasteiger charge is 2.46. The minimum absolute atomic E-state index is 0.169. The maximum atomic E-state index is 14.0. The Morgan fingerprint density at radius 2 is 1.39 bits per heavy atom. The molecule has 1 fully saturated rings. The third kappa shape index (κ3) is 3.95. The standard InChI is InChI=1S/C28H25FN2O2/c29-22-16-14-20(15-17-22)25-24(27(32)21-10-4-1-5-11-21)26(30-18-8-3-9-19-30)28(33)31(25)23-12-6-2-7-13-23/h1-2,4-7,10-17,25H,3,8-9,18-19H2. The number of rotatable bonds is 5. The Labute approximate surface area is 193 Å². The van der Waals surface area contributed by atoms with Gasteiger partial charge in [0.15, 0.2) is 5.78 Å². The molecule has 0 spiro atoms. The summed E-state index contributed by atoms with van der Waals surface area (Å²) < 4.78 is 13.8. The molecule has 1 amide bonds. The first-order chi connectivity index (χ1) is 16.1. The van der Waals surface area contributed by atoms with Crippen molar-refractivity contribution in [1.82, 2.24) is 4.90 Å². The van der Waals surface area contributed by atoms with Crippen LogP contribution in [0.15, 0.2) is 96.2 Å². The molecule has 0 aromatic heterocycles. The van der Waals surface area contributed by atoms with Crippen LogP contribution in [-0.4, -0.2) is 29.7 Å². The molecule has 2 heterocycles. The summed E-state index contributed by atoms with van der Waals surface area (Å²) in [4.78, 5) is 31.7. The second-order valence-electron chi connectivity index (χ2n) is 8.47. The van der Waals surface area contributed by atoms with E-state index in [1.165, 1.54) is 12.1 Å². The third-order valence-electron chi connectivity index (χ3n) is 6.38. The van der Waals surface area contributed by atoms with Crippen molar-refractivity contribution in [1.29, 1.82) is 0 Å². The average molecular weight is 441 g/mol. The van der Waals surface area contributed by atoms with E-state index in [1.807, 2.05) is 48.5 Å². The topological polar surface area (TPSA) is 40.6 Å². The van der Waals surface area contributed by atoms with Crippen LogP contribution in [-0.2, 0) is 4.79 Å². The van der Waals surface area contributed by atoms with Gasteiger partial charge >= 0.3 is 0 Å². The van der Waals surface area contributed by atoms with Crippen LogP contribution < -0.4 is 4.90 Å². The Hall–Kier alpha value is -3.73. The van der Waals surface area contributed by atoms with Crippen LogP contribution in [0.2, 0.25) is 0 Å². The number of nitrogens with zero attached hydrogens (tertiary/aromatic N) is 2. The van der Waals surface area contributed by atoms with Crippen LogP contribution in [0, 0.1) is 5.82 Å². The number of Topliss-reactive ketones (excluding diaryl/α,β-unsaturated/α-hetero) is 1. The van der Waals surface area contributed by atoms with Gasteiger partial charge in [0.25, 0.3) is 5.91 Å². The molecule has 166 valence electrons. The highest BCUT2D eigenvalue weighted by atomic mass is 19.1. The van der Waals surface area contributed by atoms with Crippen LogP contribution in [0.1, 0.15) is 41.2 Å². The summed E-state index contributed by atoms with van der Waals surface area (Å²) in [5, 5.41) is 0. The number of ketones is 1. The SMILES string of the molecule is O=C(C1=C(N2CCCCC2)C(=O)N(c2ccccc2)C1c1ccc(F)cc1)c1ccccc1. The van der Waals surface area contributed by atoms with Gasteiger partial charge in [-0.15, -0.1) is 0 Å². The van der Waals surface area contributed by atoms with E-state index in [0.29, 0.717) is 28.1 Å². The lowest BCUT2D eigenvalue weighted by Gasteiger charge is -2.30. The number of para-hydroxylation sites is 1. The number of carbonyl (C=O) groups excluding carboxylic acids is 2. The zero-order valence-corrected chi connectivity index (χ0v) is 18.3. The molecular formula is C28H25FN2O2.